The second kappa shape index (κ2) is 6.69. The first-order valence-electron chi connectivity index (χ1n) is 5.59. The summed E-state index contributed by atoms with van der Waals surface area (Å²) in [5, 5.41) is 8.89. The lowest BCUT2D eigenvalue weighted by Crippen LogP contribution is -2.11. The number of ether oxygens (including phenoxy) is 2. The number of alkyl halides is 2. The molecule has 0 aromatic heterocycles. The number of methoxy groups -OCH3 is 1. The van der Waals surface area contributed by atoms with E-state index in [1.165, 1.54) is 19.2 Å². The van der Waals surface area contributed by atoms with Crippen molar-refractivity contribution in [1.82, 2.24) is 0 Å². The molecular formula is C13H13F2NO3. The SMILES string of the molecule is CCc1cc(C#N)cc(CC(=O)OC)c1OC(F)F. The molecule has 1 aromatic carbocycles. The maximum Gasteiger partial charge on any atom is 0.387 e. The van der Waals surface area contributed by atoms with Gasteiger partial charge in [0, 0.05) is 5.56 Å². The summed E-state index contributed by atoms with van der Waals surface area (Å²) in [6.07, 6.45) is 0.187. The molecule has 102 valence electrons. The third-order valence-electron chi connectivity index (χ3n) is 2.52. The Labute approximate surface area is 109 Å². The summed E-state index contributed by atoms with van der Waals surface area (Å²) in [7, 11) is 1.20. The first-order chi connectivity index (χ1) is 9.01. The Morgan fingerprint density at radius 2 is 2.05 bits per heavy atom. The summed E-state index contributed by atoms with van der Waals surface area (Å²) in [5.74, 6) is -0.641. The van der Waals surface area contributed by atoms with Crippen molar-refractivity contribution >= 4 is 5.97 Å². The number of aryl methyl sites for hydroxylation is 1. The van der Waals surface area contributed by atoms with E-state index in [-0.39, 0.29) is 23.3 Å². The molecule has 0 N–H and O–H groups in total. The van der Waals surface area contributed by atoms with Crippen molar-refractivity contribution in [1.29, 1.82) is 5.26 Å². The van der Waals surface area contributed by atoms with Crippen molar-refractivity contribution in [3.63, 3.8) is 0 Å². The lowest BCUT2D eigenvalue weighted by atomic mass is 10.0. The van der Waals surface area contributed by atoms with Crippen LogP contribution < -0.4 is 4.74 Å². The lowest BCUT2D eigenvalue weighted by molar-refractivity contribution is -0.139. The number of nitrogens with zero attached hydrogens (tertiary/aromatic N) is 1. The quantitative estimate of drug-likeness (QED) is 0.770. The van der Waals surface area contributed by atoms with Crippen LogP contribution in [0.5, 0.6) is 5.75 Å². The van der Waals surface area contributed by atoms with Crippen molar-refractivity contribution in [3.8, 4) is 11.8 Å². The van der Waals surface area contributed by atoms with E-state index in [0.29, 0.717) is 12.0 Å². The molecule has 0 spiro atoms. The Balaban J connectivity index is 3.29. The molecule has 4 nitrogen and oxygen atoms in total. The second-order valence-corrected chi connectivity index (χ2v) is 3.72. The smallest absolute Gasteiger partial charge is 0.387 e. The number of hydrogen-bond donors (Lipinski definition) is 0. The van der Waals surface area contributed by atoms with Gasteiger partial charge in [0.15, 0.2) is 0 Å². The highest BCUT2D eigenvalue weighted by Gasteiger charge is 2.18. The highest BCUT2D eigenvalue weighted by molar-refractivity contribution is 5.74. The van der Waals surface area contributed by atoms with Crippen molar-refractivity contribution < 1.29 is 23.0 Å². The summed E-state index contributed by atoms with van der Waals surface area (Å²) < 4.78 is 33.8. The number of rotatable bonds is 5. The molecule has 0 amide bonds. The summed E-state index contributed by atoms with van der Waals surface area (Å²) in [5.41, 5.74) is 0.971. The molecule has 0 saturated carbocycles. The van der Waals surface area contributed by atoms with Crippen LogP contribution in [-0.4, -0.2) is 19.7 Å². The molecule has 0 aliphatic rings. The normalized spacial score (nSPS) is 10.1. The molecule has 6 heteroatoms. The minimum absolute atomic E-state index is 0.0538. The fraction of sp³-hybridized carbons (Fsp3) is 0.385. The van der Waals surface area contributed by atoms with Crippen LogP contribution in [-0.2, 0) is 22.4 Å². The molecule has 19 heavy (non-hydrogen) atoms. The van der Waals surface area contributed by atoms with Crippen LogP contribution in [0.2, 0.25) is 0 Å². The van der Waals surface area contributed by atoms with Crippen molar-refractivity contribution in [2.75, 3.05) is 7.11 Å². The number of nitriles is 1. The summed E-state index contributed by atoms with van der Waals surface area (Å²) in [6, 6.07) is 4.74. The third-order valence-corrected chi connectivity index (χ3v) is 2.52. The summed E-state index contributed by atoms with van der Waals surface area (Å²) in [4.78, 5) is 11.3. The minimum atomic E-state index is -2.99. The second-order valence-electron chi connectivity index (χ2n) is 3.72. The van der Waals surface area contributed by atoms with Crippen molar-refractivity contribution in [2.24, 2.45) is 0 Å². The van der Waals surface area contributed by atoms with Gasteiger partial charge in [0.25, 0.3) is 0 Å². The number of carbonyl (C=O) groups excluding carboxylic acids is 1. The predicted molar refractivity (Wildman–Crippen MR) is 62.9 cm³/mol. The van der Waals surface area contributed by atoms with Crippen LogP contribution in [0, 0.1) is 11.3 Å². The molecule has 0 unspecified atom stereocenters. The van der Waals surface area contributed by atoms with Gasteiger partial charge in [-0.1, -0.05) is 6.92 Å². The Hall–Kier alpha value is -2.16. The molecular weight excluding hydrogens is 256 g/mol. The molecule has 0 bridgehead atoms. The first-order valence-corrected chi connectivity index (χ1v) is 5.59. The van der Waals surface area contributed by atoms with E-state index < -0.39 is 12.6 Å². The van der Waals surface area contributed by atoms with Gasteiger partial charge in [-0.25, -0.2) is 0 Å². The zero-order valence-corrected chi connectivity index (χ0v) is 10.6. The van der Waals surface area contributed by atoms with Gasteiger partial charge in [0.05, 0.1) is 25.2 Å². The number of benzene rings is 1. The van der Waals surface area contributed by atoms with Gasteiger partial charge >= 0.3 is 12.6 Å². The van der Waals surface area contributed by atoms with E-state index in [9.17, 15) is 13.6 Å². The molecule has 1 rings (SSSR count). The topological polar surface area (TPSA) is 59.3 Å². The zero-order valence-electron chi connectivity index (χ0n) is 10.6. The molecule has 0 fully saturated rings. The number of hydrogen-bond acceptors (Lipinski definition) is 4. The Bertz CT molecular complexity index is 509. The van der Waals surface area contributed by atoms with Crippen LogP contribution >= 0.6 is 0 Å². The summed E-state index contributed by atoms with van der Waals surface area (Å²) in [6.45, 7) is -1.24. The molecule has 0 aliphatic heterocycles. The van der Waals surface area contributed by atoms with Crippen molar-refractivity contribution in [3.05, 3.63) is 28.8 Å². The fourth-order valence-corrected chi connectivity index (χ4v) is 1.68. The minimum Gasteiger partial charge on any atom is -0.469 e. The largest absolute Gasteiger partial charge is 0.469 e. The maximum atomic E-state index is 12.4. The average Bonchev–Trinajstić information content (AvgIpc) is 2.39. The summed E-state index contributed by atoms with van der Waals surface area (Å²) >= 11 is 0. The van der Waals surface area contributed by atoms with Gasteiger partial charge in [-0.05, 0) is 24.1 Å². The average molecular weight is 269 g/mol. The van der Waals surface area contributed by atoms with Gasteiger partial charge in [-0.15, -0.1) is 0 Å². The molecule has 1 aromatic rings. The van der Waals surface area contributed by atoms with E-state index in [0.717, 1.165) is 0 Å². The highest BCUT2D eigenvalue weighted by Crippen LogP contribution is 2.29. The van der Waals surface area contributed by atoms with Gasteiger partial charge < -0.3 is 9.47 Å². The van der Waals surface area contributed by atoms with E-state index >= 15 is 0 Å². The van der Waals surface area contributed by atoms with Crippen LogP contribution in [0.1, 0.15) is 23.6 Å². The van der Waals surface area contributed by atoms with Crippen LogP contribution in [0.25, 0.3) is 0 Å². The van der Waals surface area contributed by atoms with Crippen LogP contribution in [0.4, 0.5) is 8.78 Å². The van der Waals surface area contributed by atoms with Crippen LogP contribution in [0.3, 0.4) is 0 Å². The Kier molecular flexibility index (Phi) is 5.24. The number of esters is 1. The number of halogens is 2. The monoisotopic (exact) mass is 269 g/mol. The standard InChI is InChI=1S/C13H13F2NO3/c1-3-9-4-8(7-16)5-10(6-11(17)18-2)12(9)19-13(14)15/h4-5,13H,3,6H2,1-2H3. The van der Waals surface area contributed by atoms with E-state index in [1.807, 2.05) is 6.07 Å². The Morgan fingerprint density at radius 1 is 1.42 bits per heavy atom. The predicted octanol–water partition coefficient (Wildman–Crippen LogP) is 2.44. The van der Waals surface area contributed by atoms with E-state index in [1.54, 1.807) is 6.92 Å². The Morgan fingerprint density at radius 3 is 2.53 bits per heavy atom. The number of carbonyl (C=O) groups is 1. The lowest BCUT2D eigenvalue weighted by Gasteiger charge is -2.14. The van der Waals surface area contributed by atoms with Gasteiger partial charge in [-0.2, -0.15) is 14.0 Å². The van der Waals surface area contributed by atoms with Crippen LogP contribution in [0.15, 0.2) is 12.1 Å². The zero-order chi connectivity index (χ0) is 14.4. The third kappa shape index (κ3) is 3.91. The van der Waals surface area contributed by atoms with Crippen molar-refractivity contribution in [2.45, 2.75) is 26.4 Å². The van der Waals surface area contributed by atoms with E-state index in [2.05, 4.69) is 9.47 Å². The molecule has 0 saturated heterocycles. The maximum absolute atomic E-state index is 12.4. The molecule has 0 heterocycles. The van der Waals surface area contributed by atoms with Gasteiger partial charge in [0.1, 0.15) is 5.75 Å². The highest BCUT2D eigenvalue weighted by atomic mass is 19.3. The first kappa shape index (κ1) is 14.9. The van der Waals surface area contributed by atoms with Gasteiger partial charge in [0.2, 0.25) is 0 Å². The molecule has 0 radical (unpaired) electrons. The van der Waals surface area contributed by atoms with Gasteiger partial charge in [-0.3, -0.25) is 4.79 Å². The van der Waals surface area contributed by atoms with E-state index in [4.69, 9.17) is 5.26 Å². The fourth-order valence-electron chi connectivity index (χ4n) is 1.68. The molecule has 0 aliphatic carbocycles. The molecule has 0 atom stereocenters.